The zero-order valence-electron chi connectivity index (χ0n) is 15.5. The van der Waals surface area contributed by atoms with Gasteiger partial charge >= 0.3 is 0 Å². The van der Waals surface area contributed by atoms with Gasteiger partial charge in [-0.3, -0.25) is 4.79 Å². The molecule has 0 aromatic heterocycles. The quantitative estimate of drug-likeness (QED) is 0.827. The van der Waals surface area contributed by atoms with Crippen molar-refractivity contribution in [2.75, 3.05) is 13.1 Å². The topological polar surface area (TPSA) is 53.3 Å². The fourth-order valence-corrected chi connectivity index (χ4v) is 4.06. The van der Waals surface area contributed by atoms with E-state index in [1.807, 2.05) is 23.1 Å². The van der Waals surface area contributed by atoms with E-state index in [0.717, 1.165) is 37.0 Å². The molecule has 1 aliphatic carbocycles. The lowest BCUT2D eigenvalue weighted by Crippen LogP contribution is -2.41. The molecule has 0 unspecified atom stereocenters. The molecule has 27 heavy (non-hydrogen) atoms. The second kappa shape index (κ2) is 7.84. The first-order chi connectivity index (χ1) is 13.2. The third kappa shape index (κ3) is 3.98. The maximum absolute atomic E-state index is 12.9. The summed E-state index contributed by atoms with van der Waals surface area (Å²) in [6, 6.07) is 15.6. The highest BCUT2D eigenvalue weighted by Gasteiger charge is 2.25. The summed E-state index contributed by atoms with van der Waals surface area (Å²) < 4.78 is 6.02. The fourth-order valence-electron chi connectivity index (χ4n) is 4.06. The Hall–Kier alpha value is -2.80. The van der Waals surface area contributed by atoms with Gasteiger partial charge in [-0.1, -0.05) is 12.1 Å². The molecule has 4 heteroatoms. The highest BCUT2D eigenvalue weighted by molar-refractivity contribution is 5.94. The maximum atomic E-state index is 12.9. The van der Waals surface area contributed by atoms with Gasteiger partial charge in [0.1, 0.15) is 11.9 Å². The van der Waals surface area contributed by atoms with Crippen LogP contribution in [0, 0.1) is 11.3 Å². The van der Waals surface area contributed by atoms with Crippen LogP contribution in [0.25, 0.3) is 0 Å². The van der Waals surface area contributed by atoms with Gasteiger partial charge in [-0.15, -0.1) is 0 Å². The summed E-state index contributed by atoms with van der Waals surface area (Å²) in [5.74, 6) is 0.863. The van der Waals surface area contributed by atoms with Gasteiger partial charge < -0.3 is 9.64 Å². The highest BCUT2D eigenvalue weighted by Crippen LogP contribution is 2.24. The van der Waals surface area contributed by atoms with E-state index in [1.54, 1.807) is 12.1 Å². The summed E-state index contributed by atoms with van der Waals surface area (Å²) in [5, 5.41) is 9.00. The summed E-state index contributed by atoms with van der Waals surface area (Å²) in [6.45, 7) is 1.41. The first-order valence-electron chi connectivity index (χ1n) is 9.81. The second-order valence-corrected chi connectivity index (χ2v) is 7.44. The summed E-state index contributed by atoms with van der Waals surface area (Å²) in [5.41, 5.74) is 4.18. The van der Waals surface area contributed by atoms with Crippen LogP contribution in [0.1, 0.15) is 52.7 Å². The molecule has 0 saturated carbocycles. The Morgan fingerprint density at radius 3 is 2.59 bits per heavy atom. The number of hydrogen-bond donors (Lipinski definition) is 0. The number of piperidine rings is 1. The minimum absolute atomic E-state index is 0.0894. The zero-order chi connectivity index (χ0) is 18.6. The third-order valence-corrected chi connectivity index (χ3v) is 5.59. The van der Waals surface area contributed by atoms with Gasteiger partial charge in [0, 0.05) is 31.5 Å². The molecule has 4 nitrogen and oxygen atoms in total. The number of nitriles is 1. The Kier molecular flexibility index (Phi) is 5.11. The van der Waals surface area contributed by atoms with Crippen molar-refractivity contribution in [2.45, 2.75) is 44.6 Å². The van der Waals surface area contributed by atoms with Crippen LogP contribution in [-0.2, 0) is 12.8 Å². The lowest BCUT2D eigenvalue weighted by atomic mass is 9.90. The first-order valence-corrected chi connectivity index (χ1v) is 9.81. The van der Waals surface area contributed by atoms with Crippen LogP contribution in [-0.4, -0.2) is 30.0 Å². The van der Waals surface area contributed by atoms with Crippen molar-refractivity contribution in [3.05, 3.63) is 64.7 Å². The highest BCUT2D eigenvalue weighted by atomic mass is 16.5. The average molecular weight is 360 g/mol. The van der Waals surface area contributed by atoms with Crippen molar-refractivity contribution >= 4 is 5.91 Å². The number of hydrogen-bond acceptors (Lipinski definition) is 3. The normalized spacial score (nSPS) is 17.1. The molecule has 1 heterocycles. The predicted octanol–water partition coefficient (Wildman–Crippen LogP) is 4.12. The maximum Gasteiger partial charge on any atom is 0.253 e. The molecule has 0 radical (unpaired) electrons. The number of likely N-dealkylation sites (tertiary alicyclic amines) is 1. The van der Waals surface area contributed by atoms with Crippen molar-refractivity contribution in [1.82, 2.24) is 4.90 Å². The number of ether oxygens (including phenoxy) is 1. The van der Waals surface area contributed by atoms with E-state index < -0.39 is 0 Å². The number of rotatable bonds is 3. The smallest absolute Gasteiger partial charge is 0.253 e. The van der Waals surface area contributed by atoms with Crippen molar-refractivity contribution in [1.29, 1.82) is 5.26 Å². The van der Waals surface area contributed by atoms with Crippen LogP contribution < -0.4 is 4.74 Å². The van der Waals surface area contributed by atoms with Crippen LogP contribution in [0.5, 0.6) is 5.75 Å². The Bertz CT molecular complexity index is 876. The molecule has 1 fully saturated rings. The van der Waals surface area contributed by atoms with Crippen LogP contribution in [0.15, 0.2) is 42.5 Å². The number of nitrogens with zero attached hydrogens (tertiary/aromatic N) is 2. The van der Waals surface area contributed by atoms with Crippen LogP contribution in [0.2, 0.25) is 0 Å². The minimum atomic E-state index is 0.0894. The van der Waals surface area contributed by atoms with E-state index in [9.17, 15) is 4.79 Å². The summed E-state index contributed by atoms with van der Waals surface area (Å²) in [6.07, 6.45) is 6.42. The van der Waals surface area contributed by atoms with E-state index in [-0.39, 0.29) is 12.0 Å². The molecular formula is C23H24N2O2. The average Bonchev–Trinajstić information content (AvgIpc) is 2.73. The van der Waals surface area contributed by atoms with Gasteiger partial charge in [0.25, 0.3) is 5.91 Å². The van der Waals surface area contributed by atoms with Gasteiger partial charge in [0.15, 0.2) is 0 Å². The molecular weight excluding hydrogens is 336 g/mol. The predicted molar refractivity (Wildman–Crippen MR) is 104 cm³/mol. The number of aryl methyl sites for hydroxylation is 2. The molecule has 1 amide bonds. The largest absolute Gasteiger partial charge is 0.490 e. The lowest BCUT2D eigenvalue weighted by molar-refractivity contribution is 0.0595. The van der Waals surface area contributed by atoms with Crippen molar-refractivity contribution < 1.29 is 9.53 Å². The summed E-state index contributed by atoms with van der Waals surface area (Å²) in [7, 11) is 0. The van der Waals surface area contributed by atoms with E-state index in [4.69, 9.17) is 10.00 Å². The number of fused-ring (bicyclic) bond motifs is 1. The van der Waals surface area contributed by atoms with Gasteiger partial charge in [-0.2, -0.15) is 5.26 Å². The van der Waals surface area contributed by atoms with Crippen LogP contribution in [0.4, 0.5) is 0 Å². The SMILES string of the molecule is N#Cc1cccc(OC2CCN(C(=O)c3ccc4c(c3)CCCC4)CC2)c1. The van der Waals surface area contributed by atoms with Crippen LogP contribution >= 0.6 is 0 Å². The Morgan fingerprint density at radius 2 is 1.81 bits per heavy atom. The van der Waals surface area contributed by atoms with Crippen LogP contribution in [0.3, 0.4) is 0 Å². The van der Waals surface area contributed by atoms with Gasteiger partial charge in [-0.05, 0) is 67.1 Å². The van der Waals surface area contributed by atoms with Gasteiger partial charge in [0.2, 0.25) is 0 Å². The Labute approximate surface area is 160 Å². The van der Waals surface area contributed by atoms with Crippen molar-refractivity contribution in [3.63, 3.8) is 0 Å². The molecule has 0 spiro atoms. The molecule has 0 atom stereocenters. The molecule has 0 bridgehead atoms. The van der Waals surface area contributed by atoms with Gasteiger partial charge in [-0.25, -0.2) is 0 Å². The molecule has 2 aromatic rings. The van der Waals surface area contributed by atoms with Gasteiger partial charge in [0.05, 0.1) is 11.6 Å². The molecule has 1 saturated heterocycles. The summed E-state index contributed by atoms with van der Waals surface area (Å²) in [4.78, 5) is 14.8. The zero-order valence-corrected chi connectivity index (χ0v) is 15.5. The number of carbonyl (C=O) groups is 1. The fraction of sp³-hybridized carbons (Fsp3) is 0.391. The van der Waals surface area contributed by atoms with E-state index in [2.05, 4.69) is 18.2 Å². The lowest BCUT2D eigenvalue weighted by Gasteiger charge is -2.32. The minimum Gasteiger partial charge on any atom is -0.490 e. The number of carbonyl (C=O) groups excluding carboxylic acids is 1. The molecule has 138 valence electrons. The molecule has 2 aromatic carbocycles. The standard InChI is InChI=1S/C23H24N2O2/c24-16-17-4-3-7-22(14-17)27-21-10-12-25(13-11-21)23(26)20-9-8-18-5-1-2-6-19(18)15-20/h3-4,7-9,14-15,21H,1-2,5-6,10-13H2. The number of amides is 1. The van der Waals surface area contributed by atoms with Crippen molar-refractivity contribution in [2.24, 2.45) is 0 Å². The summed E-state index contributed by atoms with van der Waals surface area (Å²) >= 11 is 0. The molecule has 2 aliphatic rings. The monoisotopic (exact) mass is 360 g/mol. The molecule has 4 rings (SSSR count). The Balaban J connectivity index is 1.36. The first kappa shape index (κ1) is 17.6. The second-order valence-electron chi connectivity index (χ2n) is 7.44. The molecule has 0 N–H and O–H groups in total. The van der Waals surface area contributed by atoms with Crippen molar-refractivity contribution in [3.8, 4) is 11.8 Å². The third-order valence-electron chi connectivity index (χ3n) is 5.59. The van der Waals surface area contributed by atoms with E-state index in [0.29, 0.717) is 18.7 Å². The number of benzene rings is 2. The van der Waals surface area contributed by atoms with E-state index in [1.165, 1.54) is 24.0 Å². The molecule has 1 aliphatic heterocycles. The Morgan fingerprint density at radius 1 is 1.04 bits per heavy atom. The van der Waals surface area contributed by atoms with E-state index >= 15 is 0 Å².